The van der Waals surface area contributed by atoms with E-state index in [1.807, 2.05) is 48.5 Å². The highest BCUT2D eigenvalue weighted by Gasteiger charge is 2.20. The van der Waals surface area contributed by atoms with Crippen molar-refractivity contribution in [2.45, 2.75) is 25.4 Å². The lowest BCUT2D eigenvalue weighted by molar-refractivity contribution is 0.187. The zero-order chi connectivity index (χ0) is 21.5. The highest BCUT2D eigenvalue weighted by molar-refractivity contribution is 6.30. The van der Waals surface area contributed by atoms with E-state index < -0.39 is 0 Å². The molecule has 4 rings (SSSR count). The summed E-state index contributed by atoms with van der Waals surface area (Å²) in [4.78, 5) is 19.2. The number of para-hydroxylation sites is 1. The van der Waals surface area contributed by atoms with Gasteiger partial charge in [-0.15, -0.1) is 0 Å². The number of fused-ring (bicyclic) bond motifs is 1. The number of pyridine rings is 1. The van der Waals surface area contributed by atoms with E-state index >= 15 is 0 Å². The molecule has 162 valence electrons. The van der Waals surface area contributed by atoms with Gasteiger partial charge in [-0.2, -0.15) is 0 Å². The van der Waals surface area contributed by atoms with Crippen LogP contribution in [0.25, 0.3) is 10.9 Å². The molecule has 0 atom stereocenters. The van der Waals surface area contributed by atoms with Crippen LogP contribution in [0, 0.1) is 0 Å². The summed E-state index contributed by atoms with van der Waals surface area (Å²) in [5.41, 5.74) is 2.22. The molecule has 1 aliphatic rings. The van der Waals surface area contributed by atoms with Crippen LogP contribution < -0.4 is 16.0 Å². The third-order valence-corrected chi connectivity index (χ3v) is 5.81. The molecule has 2 aromatic carbocycles. The second-order valence-corrected chi connectivity index (χ2v) is 8.33. The molecule has 2 amide bonds. The largest absolute Gasteiger partial charge is 0.368 e. The van der Waals surface area contributed by atoms with Gasteiger partial charge in [-0.25, -0.2) is 9.78 Å². The molecule has 0 unspecified atom stereocenters. The van der Waals surface area contributed by atoms with Crippen LogP contribution in [0.5, 0.6) is 0 Å². The number of piperidine rings is 1. The molecule has 3 N–H and O–H groups in total. The number of carbonyl (C=O) groups is 1. The van der Waals surface area contributed by atoms with Crippen LogP contribution >= 0.6 is 11.6 Å². The van der Waals surface area contributed by atoms with Crippen molar-refractivity contribution in [2.75, 3.05) is 31.5 Å². The summed E-state index contributed by atoms with van der Waals surface area (Å²) in [6.45, 7) is 4.03. The molecular formula is C24H28ClN5O. The first-order valence-electron chi connectivity index (χ1n) is 10.8. The van der Waals surface area contributed by atoms with Gasteiger partial charge in [-0.3, -0.25) is 4.90 Å². The molecule has 0 saturated carbocycles. The number of benzene rings is 2. The first-order chi connectivity index (χ1) is 15.2. The number of nitrogens with one attached hydrogen (secondary N) is 3. The van der Waals surface area contributed by atoms with E-state index in [-0.39, 0.29) is 12.1 Å². The second kappa shape index (κ2) is 10.5. The standard InChI is InChI=1S/C24H28ClN5O/c25-20-8-5-18(6-9-20)17-30-15-11-21(12-16-30)28-24(31)27-14-13-26-23-10-7-19-3-1-2-4-22(19)29-23/h1-10,21H,11-17H2,(H,26,29)(H2,27,28,31). The van der Waals surface area contributed by atoms with Crippen LogP contribution in [0.2, 0.25) is 5.02 Å². The molecular weight excluding hydrogens is 410 g/mol. The van der Waals surface area contributed by atoms with Crippen molar-refractivity contribution in [1.82, 2.24) is 20.5 Å². The van der Waals surface area contributed by atoms with E-state index in [2.05, 4.69) is 38.0 Å². The molecule has 1 aliphatic heterocycles. The van der Waals surface area contributed by atoms with Gasteiger partial charge in [0.1, 0.15) is 5.82 Å². The highest BCUT2D eigenvalue weighted by Crippen LogP contribution is 2.16. The number of amides is 2. The van der Waals surface area contributed by atoms with Gasteiger partial charge in [0.2, 0.25) is 0 Å². The Hall–Kier alpha value is -2.83. The van der Waals surface area contributed by atoms with Crippen molar-refractivity contribution in [3.8, 4) is 0 Å². The number of halogens is 1. The van der Waals surface area contributed by atoms with Crippen LogP contribution in [0.3, 0.4) is 0 Å². The van der Waals surface area contributed by atoms with E-state index in [4.69, 9.17) is 11.6 Å². The first-order valence-corrected chi connectivity index (χ1v) is 11.1. The van der Waals surface area contributed by atoms with Crippen LogP contribution in [0.1, 0.15) is 18.4 Å². The molecule has 2 heterocycles. The summed E-state index contributed by atoms with van der Waals surface area (Å²) >= 11 is 5.95. The fraction of sp³-hybridized carbons (Fsp3) is 0.333. The average molecular weight is 438 g/mol. The van der Waals surface area contributed by atoms with Gasteiger partial charge < -0.3 is 16.0 Å². The average Bonchev–Trinajstić information content (AvgIpc) is 2.79. The third kappa shape index (κ3) is 6.32. The van der Waals surface area contributed by atoms with E-state index in [1.165, 1.54) is 5.56 Å². The summed E-state index contributed by atoms with van der Waals surface area (Å²) in [7, 11) is 0. The van der Waals surface area contributed by atoms with Gasteiger partial charge in [0.15, 0.2) is 0 Å². The predicted molar refractivity (Wildman–Crippen MR) is 127 cm³/mol. The number of urea groups is 1. The molecule has 0 aliphatic carbocycles. The lowest BCUT2D eigenvalue weighted by Crippen LogP contribution is -2.48. The maximum Gasteiger partial charge on any atom is 0.315 e. The van der Waals surface area contributed by atoms with Crippen molar-refractivity contribution < 1.29 is 4.79 Å². The Labute approximate surface area is 188 Å². The summed E-state index contributed by atoms with van der Waals surface area (Å²) in [5.74, 6) is 0.814. The summed E-state index contributed by atoms with van der Waals surface area (Å²) in [6, 6.07) is 20.1. The Balaban J connectivity index is 1.12. The zero-order valence-corrected chi connectivity index (χ0v) is 18.2. The molecule has 31 heavy (non-hydrogen) atoms. The third-order valence-electron chi connectivity index (χ3n) is 5.56. The van der Waals surface area contributed by atoms with Crippen LogP contribution in [0.4, 0.5) is 10.6 Å². The summed E-state index contributed by atoms with van der Waals surface area (Å²) < 4.78 is 0. The van der Waals surface area contributed by atoms with Crippen molar-refractivity contribution in [3.63, 3.8) is 0 Å². The second-order valence-electron chi connectivity index (χ2n) is 7.89. The Morgan fingerprint density at radius 1 is 1.00 bits per heavy atom. The van der Waals surface area contributed by atoms with Crippen molar-refractivity contribution in [2.24, 2.45) is 0 Å². The minimum Gasteiger partial charge on any atom is -0.368 e. The van der Waals surface area contributed by atoms with Crippen molar-refractivity contribution in [3.05, 3.63) is 71.2 Å². The molecule has 6 nitrogen and oxygen atoms in total. The fourth-order valence-corrected chi connectivity index (χ4v) is 3.98. The number of nitrogens with zero attached hydrogens (tertiary/aromatic N) is 2. The number of likely N-dealkylation sites (tertiary alicyclic amines) is 1. The van der Waals surface area contributed by atoms with Crippen molar-refractivity contribution in [1.29, 1.82) is 0 Å². The van der Waals surface area contributed by atoms with Crippen LogP contribution in [-0.4, -0.2) is 48.1 Å². The maximum atomic E-state index is 12.2. The molecule has 1 saturated heterocycles. The van der Waals surface area contributed by atoms with Crippen molar-refractivity contribution >= 4 is 34.4 Å². The number of rotatable bonds is 7. The van der Waals surface area contributed by atoms with Gasteiger partial charge in [0, 0.05) is 49.2 Å². The van der Waals surface area contributed by atoms with Gasteiger partial charge in [-0.05, 0) is 48.7 Å². The Kier molecular flexibility index (Phi) is 7.22. The van der Waals surface area contributed by atoms with Gasteiger partial charge >= 0.3 is 6.03 Å². The summed E-state index contributed by atoms with van der Waals surface area (Å²) in [6.07, 6.45) is 1.92. The molecule has 7 heteroatoms. The molecule has 1 aromatic heterocycles. The van der Waals surface area contributed by atoms with E-state index in [0.717, 1.165) is 54.2 Å². The number of anilines is 1. The van der Waals surface area contributed by atoms with E-state index in [0.29, 0.717) is 13.1 Å². The first kappa shape index (κ1) is 21.4. The van der Waals surface area contributed by atoms with Gasteiger partial charge in [0.25, 0.3) is 0 Å². The smallest absolute Gasteiger partial charge is 0.315 e. The SMILES string of the molecule is O=C(NCCNc1ccc2ccccc2n1)NC1CCN(Cc2ccc(Cl)cc2)CC1. The molecule has 3 aromatic rings. The molecule has 0 bridgehead atoms. The normalized spacial score (nSPS) is 15.0. The lowest BCUT2D eigenvalue weighted by Gasteiger charge is -2.32. The minimum atomic E-state index is -0.107. The molecule has 1 fully saturated rings. The summed E-state index contributed by atoms with van der Waals surface area (Å²) in [5, 5.41) is 11.2. The highest BCUT2D eigenvalue weighted by atomic mass is 35.5. The van der Waals surface area contributed by atoms with E-state index in [1.54, 1.807) is 0 Å². The fourth-order valence-electron chi connectivity index (χ4n) is 3.85. The molecule has 0 radical (unpaired) electrons. The lowest BCUT2D eigenvalue weighted by atomic mass is 10.0. The minimum absolute atomic E-state index is 0.107. The number of hydrogen-bond acceptors (Lipinski definition) is 4. The number of aromatic nitrogens is 1. The number of carbonyl (C=O) groups excluding carboxylic acids is 1. The quantitative estimate of drug-likeness (QED) is 0.483. The zero-order valence-electron chi connectivity index (χ0n) is 17.5. The number of hydrogen-bond donors (Lipinski definition) is 3. The van der Waals surface area contributed by atoms with E-state index in [9.17, 15) is 4.79 Å². The Morgan fingerprint density at radius 2 is 1.77 bits per heavy atom. The Bertz CT molecular complexity index is 1000. The van der Waals surface area contributed by atoms with Crippen LogP contribution in [-0.2, 0) is 6.54 Å². The Morgan fingerprint density at radius 3 is 2.58 bits per heavy atom. The van der Waals surface area contributed by atoms with Gasteiger partial charge in [-0.1, -0.05) is 41.9 Å². The van der Waals surface area contributed by atoms with Crippen LogP contribution in [0.15, 0.2) is 60.7 Å². The van der Waals surface area contributed by atoms with Gasteiger partial charge in [0.05, 0.1) is 5.52 Å². The monoisotopic (exact) mass is 437 g/mol. The molecule has 0 spiro atoms. The topological polar surface area (TPSA) is 69.3 Å². The predicted octanol–water partition coefficient (Wildman–Crippen LogP) is 4.26. The maximum absolute atomic E-state index is 12.2.